The topological polar surface area (TPSA) is 81.7 Å². The van der Waals surface area contributed by atoms with Gasteiger partial charge >= 0.3 is 0 Å². The molecule has 1 aliphatic heterocycles. The van der Waals surface area contributed by atoms with E-state index in [0.717, 1.165) is 0 Å². The maximum absolute atomic E-state index is 11.8. The van der Waals surface area contributed by atoms with Gasteiger partial charge in [-0.05, 0) is 6.42 Å². The molecule has 0 spiro atoms. The van der Waals surface area contributed by atoms with E-state index in [0.29, 0.717) is 32.6 Å². The molecule has 0 bridgehead atoms. The second-order valence-electron chi connectivity index (χ2n) is 3.56. The summed E-state index contributed by atoms with van der Waals surface area (Å²) in [4.78, 5) is 0. The molecule has 6 nitrogen and oxygen atoms in total. The third-order valence-corrected chi connectivity index (χ3v) is 4.12. The summed E-state index contributed by atoms with van der Waals surface area (Å²) in [5.74, 6) is 0. The number of aliphatic hydroxyl groups excluding tert-OH is 1. The Labute approximate surface area is 90.8 Å². The van der Waals surface area contributed by atoms with Gasteiger partial charge in [0, 0.05) is 32.2 Å². The Kier molecular flexibility index (Phi) is 4.94. The van der Waals surface area contributed by atoms with Gasteiger partial charge in [0.15, 0.2) is 0 Å². The van der Waals surface area contributed by atoms with Gasteiger partial charge in [-0.25, -0.2) is 0 Å². The molecule has 0 saturated carbocycles. The summed E-state index contributed by atoms with van der Waals surface area (Å²) in [6, 6.07) is -0.384. The van der Waals surface area contributed by atoms with Gasteiger partial charge in [0.1, 0.15) is 0 Å². The Morgan fingerprint density at radius 3 is 2.53 bits per heavy atom. The van der Waals surface area contributed by atoms with Gasteiger partial charge in [0.25, 0.3) is 10.2 Å². The molecule has 3 N–H and O–H groups in total. The Hall–Kier alpha value is -0.210. The van der Waals surface area contributed by atoms with Crippen LogP contribution in [0, 0.1) is 0 Å². The van der Waals surface area contributed by atoms with E-state index < -0.39 is 10.2 Å². The number of rotatable bonds is 5. The average molecular weight is 237 g/mol. The van der Waals surface area contributed by atoms with Crippen LogP contribution in [-0.2, 0) is 10.2 Å². The number of nitrogens with zero attached hydrogens (tertiary/aromatic N) is 1. The fourth-order valence-electron chi connectivity index (χ4n) is 1.42. The van der Waals surface area contributed by atoms with Gasteiger partial charge in [0.05, 0.1) is 6.61 Å². The van der Waals surface area contributed by atoms with Crippen LogP contribution in [0.1, 0.15) is 13.3 Å². The first-order valence-corrected chi connectivity index (χ1v) is 6.63. The lowest BCUT2D eigenvalue weighted by Gasteiger charge is -2.28. The second kappa shape index (κ2) is 5.76. The van der Waals surface area contributed by atoms with E-state index in [-0.39, 0.29) is 12.6 Å². The summed E-state index contributed by atoms with van der Waals surface area (Å²) in [5.41, 5.74) is 0. The van der Waals surface area contributed by atoms with Crippen LogP contribution in [0.25, 0.3) is 0 Å². The Morgan fingerprint density at radius 2 is 2.07 bits per heavy atom. The summed E-state index contributed by atoms with van der Waals surface area (Å²) in [6.45, 7) is 3.99. The molecule has 0 aromatic heterocycles. The van der Waals surface area contributed by atoms with E-state index in [9.17, 15) is 8.42 Å². The van der Waals surface area contributed by atoms with Crippen LogP contribution in [0.4, 0.5) is 0 Å². The number of aliphatic hydroxyl groups is 1. The van der Waals surface area contributed by atoms with Gasteiger partial charge in [-0.3, -0.25) is 0 Å². The summed E-state index contributed by atoms with van der Waals surface area (Å²) in [7, 11) is -3.42. The average Bonchev–Trinajstić information content (AvgIpc) is 2.27. The first kappa shape index (κ1) is 12.9. The molecule has 0 aliphatic carbocycles. The van der Waals surface area contributed by atoms with E-state index >= 15 is 0 Å². The van der Waals surface area contributed by atoms with Crippen molar-refractivity contribution >= 4 is 10.2 Å². The summed E-state index contributed by atoms with van der Waals surface area (Å²) < 4.78 is 27.5. The van der Waals surface area contributed by atoms with Gasteiger partial charge in [-0.2, -0.15) is 17.4 Å². The molecule has 15 heavy (non-hydrogen) atoms. The molecule has 1 unspecified atom stereocenters. The van der Waals surface area contributed by atoms with E-state index in [4.69, 9.17) is 5.11 Å². The molecule has 0 amide bonds. The fourth-order valence-corrected chi connectivity index (χ4v) is 2.89. The van der Waals surface area contributed by atoms with Crippen molar-refractivity contribution in [1.82, 2.24) is 14.3 Å². The van der Waals surface area contributed by atoms with Crippen molar-refractivity contribution in [3.63, 3.8) is 0 Å². The molecular weight excluding hydrogens is 218 g/mol. The van der Waals surface area contributed by atoms with Crippen LogP contribution < -0.4 is 10.0 Å². The zero-order chi connectivity index (χ0) is 11.3. The van der Waals surface area contributed by atoms with Crippen molar-refractivity contribution < 1.29 is 13.5 Å². The zero-order valence-corrected chi connectivity index (χ0v) is 9.76. The monoisotopic (exact) mass is 237 g/mol. The van der Waals surface area contributed by atoms with E-state index in [2.05, 4.69) is 10.0 Å². The standard InChI is InChI=1S/C8H19N3O3S/c1-2-8(7-12)10-15(13,14)11-5-3-9-4-6-11/h8-10,12H,2-7H2,1H3. The SMILES string of the molecule is CCC(CO)NS(=O)(=O)N1CCNCC1. The third kappa shape index (κ3) is 3.69. The van der Waals surface area contributed by atoms with Crippen LogP contribution in [0.15, 0.2) is 0 Å². The fraction of sp³-hybridized carbons (Fsp3) is 1.00. The molecule has 0 radical (unpaired) electrons. The minimum Gasteiger partial charge on any atom is -0.395 e. The minimum atomic E-state index is -3.42. The Balaban J connectivity index is 2.56. The van der Waals surface area contributed by atoms with E-state index in [1.807, 2.05) is 6.92 Å². The molecule has 1 atom stereocenters. The molecule has 7 heteroatoms. The number of nitrogens with one attached hydrogen (secondary N) is 2. The summed E-state index contributed by atoms with van der Waals surface area (Å²) >= 11 is 0. The lowest BCUT2D eigenvalue weighted by molar-refractivity contribution is 0.249. The Morgan fingerprint density at radius 1 is 1.47 bits per heavy atom. The van der Waals surface area contributed by atoms with Gasteiger partial charge in [-0.1, -0.05) is 6.92 Å². The smallest absolute Gasteiger partial charge is 0.279 e. The third-order valence-electron chi connectivity index (χ3n) is 2.44. The maximum Gasteiger partial charge on any atom is 0.279 e. The van der Waals surface area contributed by atoms with Crippen LogP contribution in [0.2, 0.25) is 0 Å². The molecule has 1 heterocycles. The quantitative estimate of drug-likeness (QED) is 0.543. The predicted molar refractivity (Wildman–Crippen MR) is 57.7 cm³/mol. The largest absolute Gasteiger partial charge is 0.395 e. The van der Waals surface area contributed by atoms with Crippen LogP contribution in [-0.4, -0.2) is 56.7 Å². The highest BCUT2D eigenvalue weighted by atomic mass is 32.2. The summed E-state index contributed by atoms with van der Waals surface area (Å²) in [5, 5.41) is 12.0. The second-order valence-corrected chi connectivity index (χ2v) is 5.26. The van der Waals surface area contributed by atoms with Gasteiger partial charge in [-0.15, -0.1) is 0 Å². The normalized spacial score (nSPS) is 21.5. The lowest BCUT2D eigenvalue weighted by atomic mass is 10.3. The van der Waals surface area contributed by atoms with Gasteiger partial charge in [0.2, 0.25) is 0 Å². The molecule has 0 aromatic carbocycles. The lowest BCUT2D eigenvalue weighted by Crippen LogP contribution is -2.52. The van der Waals surface area contributed by atoms with Gasteiger partial charge < -0.3 is 10.4 Å². The van der Waals surface area contributed by atoms with Crippen molar-refractivity contribution in [1.29, 1.82) is 0 Å². The van der Waals surface area contributed by atoms with Crippen LogP contribution >= 0.6 is 0 Å². The molecule has 1 saturated heterocycles. The van der Waals surface area contributed by atoms with E-state index in [1.54, 1.807) is 0 Å². The van der Waals surface area contributed by atoms with Crippen molar-refractivity contribution in [3.8, 4) is 0 Å². The van der Waals surface area contributed by atoms with E-state index in [1.165, 1.54) is 4.31 Å². The maximum atomic E-state index is 11.8. The molecule has 0 aromatic rings. The molecule has 1 rings (SSSR count). The highest BCUT2D eigenvalue weighted by Crippen LogP contribution is 2.02. The number of piperazine rings is 1. The molecule has 90 valence electrons. The molecular formula is C8H19N3O3S. The first-order valence-electron chi connectivity index (χ1n) is 5.19. The Bertz CT molecular complexity index is 271. The van der Waals surface area contributed by atoms with Crippen molar-refractivity contribution in [2.45, 2.75) is 19.4 Å². The predicted octanol–water partition coefficient (Wildman–Crippen LogP) is -1.50. The van der Waals surface area contributed by atoms with Crippen molar-refractivity contribution in [2.24, 2.45) is 0 Å². The first-order chi connectivity index (χ1) is 7.10. The number of hydrogen-bond acceptors (Lipinski definition) is 4. The van der Waals surface area contributed by atoms with Crippen molar-refractivity contribution in [3.05, 3.63) is 0 Å². The minimum absolute atomic E-state index is 0.165. The van der Waals surface area contributed by atoms with Crippen LogP contribution in [0.5, 0.6) is 0 Å². The van der Waals surface area contributed by atoms with Crippen molar-refractivity contribution in [2.75, 3.05) is 32.8 Å². The number of hydrogen-bond donors (Lipinski definition) is 3. The molecule has 1 fully saturated rings. The highest BCUT2D eigenvalue weighted by Gasteiger charge is 2.25. The highest BCUT2D eigenvalue weighted by molar-refractivity contribution is 7.87. The zero-order valence-electron chi connectivity index (χ0n) is 8.94. The summed E-state index contributed by atoms with van der Waals surface area (Å²) in [6.07, 6.45) is 0.585. The molecule has 1 aliphatic rings. The van der Waals surface area contributed by atoms with Crippen LogP contribution in [0.3, 0.4) is 0 Å².